The van der Waals surface area contributed by atoms with Gasteiger partial charge in [0.05, 0.1) is 0 Å². The van der Waals surface area contributed by atoms with Gasteiger partial charge in [0.15, 0.2) is 0 Å². The highest BCUT2D eigenvalue weighted by molar-refractivity contribution is 5.28. The van der Waals surface area contributed by atoms with Crippen molar-refractivity contribution in [2.24, 2.45) is 0 Å². The summed E-state index contributed by atoms with van der Waals surface area (Å²) in [6.45, 7) is 5.38. The predicted molar refractivity (Wildman–Crippen MR) is 66.9 cm³/mol. The third kappa shape index (κ3) is 2.76. The van der Waals surface area contributed by atoms with Crippen molar-refractivity contribution in [1.82, 2.24) is 5.32 Å². The summed E-state index contributed by atoms with van der Waals surface area (Å²) in [5.74, 6) is 1.03. The zero-order valence-corrected chi connectivity index (χ0v) is 10.2. The van der Waals surface area contributed by atoms with E-state index < -0.39 is 0 Å². The molecule has 0 atom stereocenters. The maximum absolute atomic E-state index is 5.93. The number of nitrogens with one attached hydrogen (secondary N) is 1. The second kappa shape index (κ2) is 5.35. The summed E-state index contributed by atoms with van der Waals surface area (Å²) in [6.07, 6.45) is 3.77. The first kappa shape index (κ1) is 11.5. The van der Waals surface area contributed by atoms with Crippen LogP contribution in [0.4, 0.5) is 0 Å². The molecule has 16 heavy (non-hydrogen) atoms. The number of ether oxygens (including phenoxy) is 1. The molecule has 0 aliphatic heterocycles. The number of hydrogen-bond acceptors (Lipinski definition) is 2. The molecule has 0 bridgehead atoms. The molecule has 1 aromatic carbocycles. The smallest absolute Gasteiger partial charge is 0.119 e. The van der Waals surface area contributed by atoms with Gasteiger partial charge in [-0.05, 0) is 43.5 Å². The summed E-state index contributed by atoms with van der Waals surface area (Å²) >= 11 is 0. The van der Waals surface area contributed by atoms with Gasteiger partial charge < -0.3 is 10.1 Å². The van der Waals surface area contributed by atoms with Gasteiger partial charge in [0.25, 0.3) is 0 Å². The third-order valence-electron chi connectivity index (χ3n) is 3.20. The molecule has 2 rings (SSSR count). The number of aryl methyl sites for hydroxylation is 1. The Kier molecular flexibility index (Phi) is 3.83. The van der Waals surface area contributed by atoms with Crippen molar-refractivity contribution in [3.8, 4) is 5.75 Å². The Bertz CT molecular complexity index is 331. The number of rotatable bonds is 5. The van der Waals surface area contributed by atoms with Gasteiger partial charge in [-0.3, -0.25) is 0 Å². The fourth-order valence-corrected chi connectivity index (χ4v) is 2.15. The van der Waals surface area contributed by atoms with E-state index in [1.807, 2.05) is 0 Å². The molecule has 1 fully saturated rings. The van der Waals surface area contributed by atoms with Crippen LogP contribution in [-0.2, 0) is 6.42 Å². The molecule has 0 unspecified atom stereocenters. The molecular weight excluding hydrogens is 198 g/mol. The molecule has 0 radical (unpaired) electrons. The largest absolute Gasteiger partial charge is 0.490 e. The molecular formula is C14H21NO. The van der Waals surface area contributed by atoms with Crippen LogP contribution in [0.1, 0.15) is 32.3 Å². The number of hydrogen-bond donors (Lipinski definition) is 1. The Morgan fingerprint density at radius 1 is 1.31 bits per heavy atom. The Morgan fingerprint density at radius 2 is 2.12 bits per heavy atom. The van der Waals surface area contributed by atoms with E-state index in [1.165, 1.54) is 5.56 Å². The van der Waals surface area contributed by atoms with Crippen LogP contribution in [0.15, 0.2) is 24.3 Å². The van der Waals surface area contributed by atoms with Crippen LogP contribution in [0.5, 0.6) is 5.75 Å². The average Bonchev–Trinajstić information content (AvgIpc) is 2.27. The lowest BCUT2D eigenvalue weighted by Crippen LogP contribution is -2.46. The molecule has 0 spiro atoms. The lowest BCUT2D eigenvalue weighted by atomic mass is 9.89. The van der Waals surface area contributed by atoms with Crippen molar-refractivity contribution in [1.29, 1.82) is 0 Å². The molecule has 2 heteroatoms. The van der Waals surface area contributed by atoms with Crippen LogP contribution >= 0.6 is 0 Å². The molecule has 1 aliphatic carbocycles. The van der Waals surface area contributed by atoms with E-state index >= 15 is 0 Å². The third-order valence-corrected chi connectivity index (χ3v) is 3.20. The Labute approximate surface area is 98.0 Å². The summed E-state index contributed by atoms with van der Waals surface area (Å²) in [7, 11) is 0. The topological polar surface area (TPSA) is 21.3 Å². The number of benzene rings is 1. The van der Waals surface area contributed by atoms with Crippen molar-refractivity contribution >= 4 is 0 Å². The second-order valence-electron chi connectivity index (χ2n) is 4.47. The van der Waals surface area contributed by atoms with Crippen LogP contribution < -0.4 is 10.1 Å². The SMILES string of the molecule is CCN[C@H]1C[C@@H](Oc2cccc(CC)c2)C1. The summed E-state index contributed by atoms with van der Waals surface area (Å²) in [5.41, 5.74) is 1.35. The summed E-state index contributed by atoms with van der Waals surface area (Å²) in [4.78, 5) is 0. The average molecular weight is 219 g/mol. The van der Waals surface area contributed by atoms with E-state index in [2.05, 4.69) is 43.4 Å². The highest BCUT2D eigenvalue weighted by atomic mass is 16.5. The lowest BCUT2D eigenvalue weighted by molar-refractivity contribution is 0.0859. The van der Waals surface area contributed by atoms with Gasteiger partial charge in [0, 0.05) is 6.04 Å². The fraction of sp³-hybridized carbons (Fsp3) is 0.571. The van der Waals surface area contributed by atoms with Gasteiger partial charge in [-0.15, -0.1) is 0 Å². The van der Waals surface area contributed by atoms with Gasteiger partial charge in [0.2, 0.25) is 0 Å². The van der Waals surface area contributed by atoms with Crippen molar-refractivity contribution in [2.45, 2.75) is 45.3 Å². The minimum Gasteiger partial charge on any atom is -0.490 e. The van der Waals surface area contributed by atoms with Gasteiger partial charge >= 0.3 is 0 Å². The first-order valence-electron chi connectivity index (χ1n) is 6.30. The normalized spacial score (nSPS) is 23.9. The molecule has 1 aromatic rings. The van der Waals surface area contributed by atoms with E-state index in [4.69, 9.17) is 4.74 Å². The van der Waals surface area contributed by atoms with Crippen LogP contribution in [0, 0.1) is 0 Å². The fourth-order valence-electron chi connectivity index (χ4n) is 2.15. The molecule has 1 aliphatic rings. The molecule has 1 saturated carbocycles. The highest BCUT2D eigenvalue weighted by Gasteiger charge is 2.29. The molecule has 0 aromatic heterocycles. The Morgan fingerprint density at radius 3 is 2.81 bits per heavy atom. The van der Waals surface area contributed by atoms with E-state index in [9.17, 15) is 0 Å². The Balaban J connectivity index is 1.82. The minimum absolute atomic E-state index is 0.413. The van der Waals surface area contributed by atoms with Crippen LogP contribution in [0.2, 0.25) is 0 Å². The monoisotopic (exact) mass is 219 g/mol. The van der Waals surface area contributed by atoms with Crippen molar-refractivity contribution in [2.75, 3.05) is 6.54 Å². The first-order valence-corrected chi connectivity index (χ1v) is 6.30. The molecule has 0 saturated heterocycles. The molecule has 0 amide bonds. The lowest BCUT2D eigenvalue weighted by Gasteiger charge is -2.35. The maximum Gasteiger partial charge on any atom is 0.119 e. The van der Waals surface area contributed by atoms with Crippen LogP contribution in [0.25, 0.3) is 0 Å². The molecule has 0 heterocycles. The van der Waals surface area contributed by atoms with E-state index in [0.29, 0.717) is 12.1 Å². The van der Waals surface area contributed by atoms with Crippen LogP contribution in [0.3, 0.4) is 0 Å². The maximum atomic E-state index is 5.93. The molecule has 1 N–H and O–H groups in total. The molecule has 88 valence electrons. The zero-order chi connectivity index (χ0) is 11.4. The van der Waals surface area contributed by atoms with Crippen LogP contribution in [-0.4, -0.2) is 18.7 Å². The molecule has 2 nitrogen and oxygen atoms in total. The van der Waals surface area contributed by atoms with Crippen molar-refractivity contribution < 1.29 is 4.74 Å². The standard InChI is InChI=1S/C14H21NO/c1-3-11-6-5-7-13(8-11)16-14-9-12(10-14)15-4-2/h5-8,12,14-15H,3-4,9-10H2,1-2H3/t12-,14+. The summed E-state index contributed by atoms with van der Waals surface area (Å²) in [5, 5.41) is 3.44. The predicted octanol–water partition coefficient (Wildman–Crippen LogP) is 2.77. The van der Waals surface area contributed by atoms with E-state index in [-0.39, 0.29) is 0 Å². The second-order valence-corrected chi connectivity index (χ2v) is 4.47. The van der Waals surface area contributed by atoms with E-state index in [0.717, 1.165) is 31.6 Å². The van der Waals surface area contributed by atoms with E-state index in [1.54, 1.807) is 0 Å². The quantitative estimate of drug-likeness (QED) is 0.822. The summed E-state index contributed by atoms with van der Waals surface area (Å²) in [6, 6.07) is 9.11. The van der Waals surface area contributed by atoms with Gasteiger partial charge in [0.1, 0.15) is 11.9 Å². The minimum atomic E-state index is 0.413. The van der Waals surface area contributed by atoms with Crippen molar-refractivity contribution in [3.63, 3.8) is 0 Å². The Hall–Kier alpha value is -1.02. The zero-order valence-electron chi connectivity index (χ0n) is 10.2. The highest BCUT2D eigenvalue weighted by Crippen LogP contribution is 2.26. The van der Waals surface area contributed by atoms with Gasteiger partial charge in [-0.25, -0.2) is 0 Å². The van der Waals surface area contributed by atoms with Gasteiger partial charge in [-0.2, -0.15) is 0 Å². The van der Waals surface area contributed by atoms with Crippen molar-refractivity contribution in [3.05, 3.63) is 29.8 Å². The van der Waals surface area contributed by atoms with Gasteiger partial charge in [-0.1, -0.05) is 26.0 Å². The summed E-state index contributed by atoms with van der Waals surface area (Å²) < 4.78 is 5.93. The first-order chi connectivity index (χ1) is 7.81.